The molecule has 0 radical (unpaired) electrons. The van der Waals surface area contributed by atoms with Gasteiger partial charge in [-0.15, -0.1) is 0 Å². The van der Waals surface area contributed by atoms with Crippen LogP contribution in [0, 0.1) is 6.92 Å². The van der Waals surface area contributed by atoms with Gasteiger partial charge in [0.1, 0.15) is 18.4 Å². The minimum absolute atomic E-state index is 0.105. The molecule has 1 aliphatic heterocycles. The molecule has 0 spiro atoms. The van der Waals surface area contributed by atoms with Crippen LogP contribution < -0.4 is 10.1 Å². The predicted molar refractivity (Wildman–Crippen MR) is 155 cm³/mol. The normalized spacial score (nSPS) is 14.0. The maximum absolute atomic E-state index is 13.1. The van der Waals surface area contributed by atoms with E-state index < -0.39 is 6.04 Å². The second kappa shape index (κ2) is 13.2. The van der Waals surface area contributed by atoms with E-state index in [0.29, 0.717) is 67.1 Å². The molecule has 1 unspecified atom stereocenters. The summed E-state index contributed by atoms with van der Waals surface area (Å²) in [5.41, 5.74) is 2.47. The van der Waals surface area contributed by atoms with Crippen LogP contribution in [0.1, 0.15) is 41.5 Å². The molecule has 3 amide bonds. The summed E-state index contributed by atoms with van der Waals surface area (Å²) in [7, 11) is 0. The number of amides is 3. The number of benzene rings is 2. The Hall–Kier alpha value is -3.57. The molecule has 0 aliphatic carbocycles. The van der Waals surface area contributed by atoms with Crippen molar-refractivity contribution in [1.29, 1.82) is 0 Å². The van der Waals surface area contributed by atoms with E-state index in [1.165, 1.54) is 0 Å². The molecule has 1 saturated heterocycles. The summed E-state index contributed by atoms with van der Waals surface area (Å²) in [6.45, 7) is 7.59. The number of rotatable bonds is 8. The number of nitrogens with zero attached hydrogens (tertiary/aromatic N) is 4. The molecule has 1 aromatic heterocycles. The van der Waals surface area contributed by atoms with Gasteiger partial charge < -0.3 is 24.6 Å². The number of piperazine rings is 1. The highest BCUT2D eigenvalue weighted by atomic mass is 79.9. The van der Waals surface area contributed by atoms with E-state index in [2.05, 4.69) is 26.3 Å². The fraction of sp³-hybridized carbons (Fsp3) is 0.357. The lowest BCUT2D eigenvalue weighted by molar-refractivity contribution is -0.136. The molecule has 3 aromatic rings. The maximum Gasteiger partial charge on any atom is 0.409 e. The average molecular weight is 633 g/mol. The van der Waals surface area contributed by atoms with Gasteiger partial charge in [-0.1, -0.05) is 39.7 Å². The summed E-state index contributed by atoms with van der Waals surface area (Å²) in [6, 6.07) is 11.9. The van der Waals surface area contributed by atoms with Crippen LogP contribution in [0.15, 0.2) is 53.1 Å². The van der Waals surface area contributed by atoms with Crippen molar-refractivity contribution in [2.24, 2.45) is 0 Å². The van der Waals surface area contributed by atoms with E-state index >= 15 is 0 Å². The molecule has 1 atom stereocenters. The van der Waals surface area contributed by atoms with Gasteiger partial charge in [0.15, 0.2) is 0 Å². The lowest BCUT2D eigenvalue weighted by atomic mass is 10.1. The highest BCUT2D eigenvalue weighted by Crippen LogP contribution is 2.28. The van der Waals surface area contributed by atoms with Crippen molar-refractivity contribution in [2.75, 3.05) is 38.1 Å². The third-order valence-corrected chi connectivity index (χ3v) is 7.33. The molecule has 2 aromatic carbocycles. The van der Waals surface area contributed by atoms with Crippen molar-refractivity contribution in [3.8, 4) is 5.75 Å². The van der Waals surface area contributed by atoms with E-state index in [0.717, 1.165) is 10.0 Å². The quantitative estimate of drug-likeness (QED) is 0.361. The lowest BCUT2D eigenvalue weighted by Gasteiger charge is -2.35. The van der Waals surface area contributed by atoms with Gasteiger partial charge in [0.2, 0.25) is 5.91 Å². The second-order valence-corrected chi connectivity index (χ2v) is 10.6. The summed E-state index contributed by atoms with van der Waals surface area (Å²) < 4.78 is 13.2. The zero-order valence-corrected chi connectivity index (χ0v) is 24.9. The number of nitrogens with one attached hydrogen (secondary N) is 1. The van der Waals surface area contributed by atoms with E-state index in [4.69, 9.17) is 21.1 Å². The van der Waals surface area contributed by atoms with E-state index in [1.807, 2.05) is 18.2 Å². The number of carbonyl (C=O) groups is 3. The Kier molecular flexibility index (Phi) is 9.70. The van der Waals surface area contributed by atoms with E-state index in [1.54, 1.807) is 65.7 Å². The highest BCUT2D eigenvalue weighted by molar-refractivity contribution is 9.10. The monoisotopic (exact) mass is 631 g/mol. The van der Waals surface area contributed by atoms with Gasteiger partial charge in [0.25, 0.3) is 5.91 Å². The number of hydrogen-bond acceptors (Lipinski definition) is 6. The smallest absolute Gasteiger partial charge is 0.409 e. The topological polar surface area (TPSA) is 106 Å². The number of hydrogen-bond donors (Lipinski definition) is 1. The first-order chi connectivity index (χ1) is 19.2. The third kappa shape index (κ3) is 7.14. The molecule has 12 heteroatoms. The minimum Gasteiger partial charge on any atom is -0.487 e. The van der Waals surface area contributed by atoms with Crippen LogP contribution in [0.5, 0.6) is 5.75 Å². The van der Waals surface area contributed by atoms with Crippen molar-refractivity contribution in [3.05, 3.63) is 75.0 Å². The summed E-state index contributed by atoms with van der Waals surface area (Å²) >= 11 is 9.57. The van der Waals surface area contributed by atoms with E-state index in [9.17, 15) is 14.4 Å². The van der Waals surface area contributed by atoms with Gasteiger partial charge in [0, 0.05) is 42.4 Å². The largest absolute Gasteiger partial charge is 0.487 e. The highest BCUT2D eigenvalue weighted by Gasteiger charge is 2.29. The number of ether oxygens (including phenoxy) is 2. The Morgan fingerprint density at radius 1 is 1.07 bits per heavy atom. The molecule has 1 fully saturated rings. The van der Waals surface area contributed by atoms with Gasteiger partial charge >= 0.3 is 6.09 Å². The van der Waals surface area contributed by atoms with Crippen LogP contribution >= 0.6 is 27.5 Å². The Bertz CT molecular complexity index is 1370. The van der Waals surface area contributed by atoms with Gasteiger partial charge in [-0.3, -0.25) is 14.3 Å². The Balaban J connectivity index is 1.32. The van der Waals surface area contributed by atoms with Crippen LogP contribution in [-0.2, 0) is 16.1 Å². The predicted octanol–water partition coefficient (Wildman–Crippen LogP) is 5.30. The van der Waals surface area contributed by atoms with E-state index in [-0.39, 0.29) is 17.9 Å². The number of halogens is 2. The van der Waals surface area contributed by atoms with Crippen molar-refractivity contribution in [3.63, 3.8) is 0 Å². The lowest BCUT2D eigenvalue weighted by Crippen LogP contribution is -2.52. The molecule has 1 N–H and O–H groups in total. The van der Waals surface area contributed by atoms with Crippen molar-refractivity contribution in [1.82, 2.24) is 19.6 Å². The first-order valence-electron chi connectivity index (χ1n) is 12.9. The van der Waals surface area contributed by atoms with Gasteiger partial charge in [-0.25, -0.2) is 4.79 Å². The molecule has 4 rings (SSSR count). The van der Waals surface area contributed by atoms with Gasteiger partial charge in [-0.2, -0.15) is 5.10 Å². The van der Waals surface area contributed by atoms with Gasteiger partial charge in [0.05, 0.1) is 23.0 Å². The van der Waals surface area contributed by atoms with Crippen molar-refractivity contribution >= 4 is 51.1 Å². The van der Waals surface area contributed by atoms with Crippen LogP contribution in [0.3, 0.4) is 0 Å². The second-order valence-electron chi connectivity index (χ2n) is 9.31. The number of aromatic nitrogens is 2. The molecule has 2 heterocycles. The zero-order chi connectivity index (χ0) is 28.8. The van der Waals surface area contributed by atoms with Gasteiger partial charge in [-0.05, 0) is 56.7 Å². The molecule has 1 aliphatic rings. The SMILES string of the molecule is CCOC(=O)N1CCN(C(=O)C(C)n2cc(NC(=O)c3ccc(COc4ccc(Br)cc4Cl)cc3)c(C)n2)CC1. The summed E-state index contributed by atoms with van der Waals surface area (Å²) in [4.78, 5) is 41.2. The van der Waals surface area contributed by atoms with Crippen molar-refractivity contribution < 1.29 is 23.9 Å². The standard InChI is InChI=1S/C28H31BrClN5O5/c1-4-39-28(38)34-13-11-33(12-14-34)27(37)19(3)35-16-24(18(2)32-35)31-26(36)21-7-5-20(6-8-21)17-40-25-10-9-22(29)15-23(25)30/h5-10,15-16,19H,4,11-14,17H2,1-3H3,(H,31,36). The fourth-order valence-electron chi connectivity index (χ4n) is 4.20. The fourth-order valence-corrected chi connectivity index (χ4v) is 4.93. The summed E-state index contributed by atoms with van der Waals surface area (Å²) in [5.74, 6) is 0.178. The molecule has 212 valence electrons. The Labute approximate surface area is 246 Å². The molecular weight excluding hydrogens is 602 g/mol. The Morgan fingerprint density at radius 3 is 2.40 bits per heavy atom. The molecule has 0 bridgehead atoms. The van der Waals surface area contributed by atoms with Crippen LogP contribution in [0.2, 0.25) is 5.02 Å². The maximum atomic E-state index is 13.1. The van der Waals surface area contributed by atoms with Crippen LogP contribution in [0.25, 0.3) is 0 Å². The first-order valence-corrected chi connectivity index (χ1v) is 14.1. The average Bonchev–Trinajstić information content (AvgIpc) is 3.32. The molecule has 40 heavy (non-hydrogen) atoms. The number of anilines is 1. The molecular formula is C28H31BrClN5O5. The Morgan fingerprint density at radius 2 is 1.75 bits per heavy atom. The molecule has 10 nitrogen and oxygen atoms in total. The third-order valence-electron chi connectivity index (χ3n) is 6.54. The van der Waals surface area contributed by atoms with Crippen molar-refractivity contribution in [2.45, 2.75) is 33.4 Å². The molecule has 0 saturated carbocycles. The number of aryl methyl sites for hydroxylation is 1. The van der Waals surface area contributed by atoms with Crippen LogP contribution in [-0.4, -0.2) is 70.3 Å². The summed E-state index contributed by atoms with van der Waals surface area (Å²) in [6.07, 6.45) is 1.30. The first kappa shape index (κ1) is 29.4. The number of carbonyl (C=O) groups excluding carboxylic acids is 3. The van der Waals surface area contributed by atoms with Crippen LogP contribution in [0.4, 0.5) is 10.5 Å². The zero-order valence-electron chi connectivity index (χ0n) is 22.5. The minimum atomic E-state index is -0.572. The summed E-state index contributed by atoms with van der Waals surface area (Å²) in [5, 5.41) is 7.85.